The molecule has 40 valence electrons. The van der Waals surface area contributed by atoms with Gasteiger partial charge in [0.05, 0.1) is 18.2 Å². The molecule has 0 saturated heterocycles. The Morgan fingerprint density at radius 1 is 1.75 bits per heavy atom. The molecular formula is C7H7O+. The molecule has 0 saturated carbocycles. The van der Waals surface area contributed by atoms with E-state index in [1.807, 2.05) is 24.6 Å². The zero-order valence-electron chi connectivity index (χ0n) is 4.46. The SMILES string of the molecule is C=C(O)C1=C[CH+]C=C1. The van der Waals surface area contributed by atoms with Crippen molar-refractivity contribution in [1.82, 2.24) is 0 Å². The minimum absolute atomic E-state index is 0.134. The Kier molecular flexibility index (Phi) is 1.12. The van der Waals surface area contributed by atoms with E-state index in [0.717, 1.165) is 5.57 Å². The summed E-state index contributed by atoms with van der Waals surface area (Å²) in [5, 5.41) is 8.72. The average molecular weight is 107 g/mol. The molecule has 0 aliphatic heterocycles. The first-order valence-electron chi connectivity index (χ1n) is 2.40. The molecule has 0 amide bonds. The van der Waals surface area contributed by atoms with Crippen molar-refractivity contribution in [3.05, 3.63) is 42.6 Å². The molecule has 0 heterocycles. The van der Waals surface area contributed by atoms with E-state index in [-0.39, 0.29) is 5.76 Å². The van der Waals surface area contributed by atoms with Crippen molar-refractivity contribution in [2.24, 2.45) is 0 Å². The van der Waals surface area contributed by atoms with Gasteiger partial charge < -0.3 is 5.11 Å². The van der Waals surface area contributed by atoms with E-state index >= 15 is 0 Å². The molecule has 0 spiro atoms. The predicted octanol–water partition coefficient (Wildman–Crippen LogP) is 1.76. The molecule has 0 aromatic carbocycles. The molecule has 0 atom stereocenters. The van der Waals surface area contributed by atoms with Crippen molar-refractivity contribution >= 4 is 0 Å². The summed E-state index contributed by atoms with van der Waals surface area (Å²) >= 11 is 0. The van der Waals surface area contributed by atoms with Crippen LogP contribution in [0, 0.1) is 6.42 Å². The predicted molar refractivity (Wildman–Crippen MR) is 33.3 cm³/mol. The van der Waals surface area contributed by atoms with Crippen LogP contribution in [0.5, 0.6) is 0 Å². The fourth-order valence-electron chi connectivity index (χ4n) is 0.566. The molecule has 1 nitrogen and oxygen atoms in total. The lowest BCUT2D eigenvalue weighted by molar-refractivity contribution is 0.429. The highest BCUT2D eigenvalue weighted by atomic mass is 16.3. The van der Waals surface area contributed by atoms with E-state index in [1.54, 1.807) is 0 Å². The van der Waals surface area contributed by atoms with E-state index in [4.69, 9.17) is 5.11 Å². The third-order valence-electron chi connectivity index (χ3n) is 0.996. The Labute approximate surface area is 48.6 Å². The van der Waals surface area contributed by atoms with Crippen molar-refractivity contribution in [1.29, 1.82) is 0 Å². The number of allylic oxidation sites excluding steroid dienone is 3. The molecule has 1 N–H and O–H groups in total. The largest absolute Gasteiger partial charge is 0.496 e. The maximum absolute atomic E-state index is 8.72. The van der Waals surface area contributed by atoms with E-state index in [1.165, 1.54) is 0 Å². The lowest BCUT2D eigenvalue weighted by atomic mass is 10.3. The van der Waals surface area contributed by atoms with Gasteiger partial charge in [-0.1, -0.05) is 0 Å². The molecule has 0 fully saturated rings. The summed E-state index contributed by atoms with van der Waals surface area (Å²) in [5.41, 5.74) is 0.796. The Morgan fingerprint density at radius 3 is 2.75 bits per heavy atom. The van der Waals surface area contributed by atoms with E-state index < -0.39 is 0 Å². The molecule has 1 heteroatoms. The van der Waals surface area contributed by atoms with E-state index in [9.17, 15) is 0 Å². The number of hydrogen-bond acceptors (Lipinski definition) is 1. The van der Waals surface area contributed by atoms with Gasteiger partial charge in [-0.25, -0.2) is 0 Å². The summed E-state index contributed by atoms with van der Waals surface area (Å²) in [7, 11) is 0. The monoisotopic (exact) mass is 107 g/mol. The van der Waals surface area contributed by atoms with Gasteiger partial charge in [0.15, 0.2) is 11.3 Å². The van der Waals surface area contributed by atoms with Crippen LogP contribution in [-0.4, -0.2) is 5.11 Å². The van der Waals surface area contributed by atoms with Gasteiger partial charge in [-0.3, -0.25) is 0 Å². The van der Waals surface area contributed by atoms with Crippen LogP contribution < -0.4 is 0 Å². The topological polar surface area (TPSA) is 20.2 Å². The summed E-state index contributed by atoms with van der Waals surface area (Å²) in [6, 6.07) is 0. The second kappa shape index (κ2) is 1.78. The van der Waals surface area contributed by atoms with Gasteiger partial charge in [0.1, 0.15) is 0 Å². The Hall–Kier alpha value is -1.11. The lowest BCUT2D eigenvalue weighted by Gasteiger charge is -1.81. The smallest absolute Gasteiger partial charge is 0.186 e. The van der Waals surface area contributed by atoms with Gasteiger partial charge in [0.2, 0.25) is 0 Å². The second-order valence-electron chi connectivity index (χ2n) is 1.62. The zero-order valence-corrected chi connectivity index (χ0v) is 4.46. The highest BCUT2D eigenvalue weighted by Crippen LogP contribution is 2.12. The fourth-order valence-corrected chi connectivity index (χ4v) is 0.566. The second-order valence-corrected chi connectivity index (χ2v) is 1.62. The summed E-state index contributed by atoms with van der Waals surface area (Å²) < 4.78 is 0. The van der Waals surface area contributed by atoms with E-state index in [0.29, 0.717) is 0 Å². The minimum atomic E-state index is 0.134. The van der Waals surface area contributed by atoms with Crippen molar-refractivity contribution in [3.8, 4) is 0 Å². The summed E-state index contributed by atoms with van der Waals surface area (Å²) in [5.74, 6) is 0.134. The Morgan fingerprint density at radius 2 is 2.50 bits per heavy atom. The zero-order chi connectivity index (χ0) is 5.98. The lowest BCUT2D eigenvalue weighted by Crippen LogP contribution is -1.76. The summed E-state index contributed by atoms with van der Waals surface area (Å²) in [4.78, 5) is 0. The van der Waals surface area contributed by atoms with Crippen LogP contribution in [-0.2, 0) is 0 Å². The summed E-state index contributed by atoms with van der Waals surface area (Å²) in [6.07, 6.45) is 7.33. The van der Waals surface area contributed by atoms with Gasteiger partial charge >= 0.3 is 0 Å². The van der Waals surface area contributed by atoms with Crippen LogP contribution in [0.25, 0.3) is 0 Å². The normalized spacial score (nSPS) is 15.2. The van der Waals surface area contributed by atoms with Crippen LogP contribution in [0.3, 0.4) is 0 Å². The van der Waals surface area contributed by atoms with Gasteiger partial charge in [-0.05, 0) is 6.58 Å². The number of rotatable bonds is 1. The molecule has 0 aromatic heterocycles. The third-order valence-corrected chi connectivity index (χ3v) is 0.996. The van der Waals surface area contributed by atoms with E-state index in [2.05, 4.69) is 6.58 Å². The maximum atomic E-state index is 8.72. The average Bonchev–Trinajstić information content (AvgIpc) is 2.12. The van der Waals surface area contributed by atoms with Gasteiger partial charge in [0.25, 0.3) is 0 Å². The van der Waals surface area contributed by atoms with Gasteiger partial charge in [0, 0.05) is 6.42 Å². The molecule has 0 bridgehead atoms. The first-order valence-corrected chi connectivity index (χ1v) is 2.40. The maximum Gasteiger partial charge on any atom is 0.186 e. The number of hydrogen-bond donors (Lipinski definition) is 1. The van der Waals surface area contributed by atoms with Crippen molar-refractivity contribution in [2.45, 2.75) is 0 Å². The first kappa shape index (κ1) is 5.04. The number of aliphatic hydroxyl groups is 1. The van der Waals surface area contributed by atoms with Crippen molar-refractivity contribution in [3.63, 3.8) is 0 Å². The molecule has 1 rings (SSSR count). The molecule has 8 heavy (non-hydrogen) atoms. The minimum Gasteiger partial charge on any atom is -0.496 e. The van der Waals surface area contributed by atoms with Crippen molar-refractivity contribution in [2.75, 3.05) is 0 Å². The molecule has 0 aromatic rings. The van der Waals surface area contributed by atoms with Crippen LogP contribution in [0.15, 0.2) is 36.1 Å². The third kappa shape index (κ3) is 0.757. The highest BCUT2D eigenvalue weighted by molar-refractivity contribution is 5.42. The Bertz CT molecular complexity index is 163. The van der Waals surface area contributed by atoms with Gasteiger partial charge in [-0.15, -0.1) is 0 Å². The van der Waals surface area contributed by atoms with Crippen LogP contribution in [0.4, 0.5) is 0 Å². The standard InChI is InChI=1S/C7H6O/c1-6(8)7-4-2-3-5-7/h2-5H,1H2/p+1. The molecule has 1 aliphatic rings. The van der Waals surface area contributed by atoms with Gasteiger partial charge in [-0.2, -0.15) is 0 Å². The first-order chi connectivity index (χ1) is 3.80. The van der Waals surface area contributed by atoms with Crippen LogP contribution in [0.1, 0.15) is 0 Å². The molecule has 1 aliphatic carbocycles. The number of aliphatic hydroxyl groups excluding tert-OH is 1. The molecular weight excluding hydrogens is 100 g/mol. The molecule has 0 unspecified atom stereocenters. The Balaban J connectivity index is 2.72. The fraction of sp³-hybridized carbons (Fsp3) is 0. The summed E-state index contributed by atoms with van der Waals surface area (Å²) in [6.45, 7) is 3.35. The highest BCUT2D eigenvalue weighted by Gasteiger charge is 2.09. The van der Waals surface area contributed by atoms with Crippen LogP contribution in [0.2, 0.25) is 0 Å². The molecule has 0 radical (unpaired) electrons. The quantitative estimate of drug-likeness (QED) is 0.400. The van der Waals surface area contributed by atoms with Crippen molar-refractivity contribution < 1.29 is 5.11 Å². The van der Waals surface area contributed by atoms with Crippen LogP contribution >= 0.6 is 0 Å².